The van der Waals surface area contributed by atoms with Gasteiger partial charge in [-0.15, -0.1) is 0 Å². The van der Waals surface area contributed by atoms with Crippen LogP contribution in [0.3, 0.4) is 0 Å². The van der Waals surface area contributed by atoms with E-state index in [0.717, 1.165) is 18.4 Å². The summed E-state index contributed by atoms with van der Waals surface area (Å²) in [7, 11) is 0. The predicted octanol–water partition coefficient (Wildman–Crippen LogP) is 5.10. The zero-order chi connectivity index (χ0) is 15.5. The van der Waals surface area contributed by atoms with E-state index in [1.54, 1.807) is 6.07 Å². The van der Waals surface area contributed by atoms with Gasteiger partial charge in [0.15, 0.2) is 0 Å². The van der Waals surface area contributed by atoms with Crippen LogP contribution < -0.4 is 11.3 Å². The number of halogens is 2. The van der Waals surface area contributed by atoms with E-state index >= 15 is 0 Å². The molecule has 0 radical (unpaired) electrons. The predicted molar refractivity (Wildman–Crippen MR) is 91.5 cm³/mol. The lowest BCUT2D eigenvalue weighted by atomic mass is 10.00. The number of benzene rings is 1. The number of nitrogens with one attached hydrogen (secondary N) is 1. The van der Waals surface area contributed by atoms with Gasteiger partial charge in [0.25, 0.3) is 0 Å². The van der Waals surface area contributed by atoms with Crippen LogP contribution in [-0.2, 0) is 6.42 Å². The molecule has 0 fully saturated rings. The molecule has 2 nitrogen and oxygen atoms in total. The summed E-state index contributed by atoms with van der Waals surface area (Å²) in [5, 5.41) is 0. The Balaban J connectivity index is 2.27. The molecule has 21 heavy (non-hydrogen) atoms. The summed E-state index contributed by atoms with van der Waals surface area (Å²) in [4.78, 5) is 0. The molecule has 3 N–H and O–H groups in total. The third kappa shape index (κ3) is 7.39. The molecule has 1 aromatic carbocycles. The number of nitrogens with two attached hydrogens (primary N) is 1. The Hall–Kier alpha value is -0.450. The van der Waals surface area contributed by atoms with E-state index in [-0.39, 0.29) is 11.9 Å². The van der Waals surface area contributed by atoms with Crippen molar-refractivity contribution in [2.24, 2.45) is 5.84 Å². The molecule has 0 amide bonds. The molecule has 1 rings (SSSR count). The van der Waals surface area contributed by atoms with Crippen LogP contribution in [0.4, 0.5) is 4.39 Å². The highest BCUT2D eigenvalue weighted by Gasteiger charge is 2.11. The van der Waals surface area contributed by atoms with E-state index in [4.69, 9.17) is 5.84 Å². The molecule has 0 saturated carbocycles. The molecular formula is C17H28BrFN2. The van der Waals surface area contributed by atoms with Crippen LogP contribution in [0.25, 0.3) is 0 Å². The third-order valence-electron chi connectivity index (χ3n) is 3.89. The minimum absolute atomic E-state index is 0.207. The maximum Gasteiger partial charge on any atom is 0.137 e. The Labute approximate surface area is 136 Å². The van der Waals surface area contributed by atoms with E-state index in [1.165, 1.54) is 51.0 Å². The number of hydrogen-bond donors (Lipinski definition) is 2. The zero-order valence-corrected chi connectivity index (χ0v) is 14.6. The summed E-state index contributed by atoms with van der Waals surface area (Å²) in [5.74, 6) is 5.42. The first-order chi connectivity index (χ1) is 10.2. The first-order valence-corrected chi connectivity index (χ1v) is 8.87. The molecule has 0 aliphatic rings. The quantitative estimate of drug-likeness (QED) is 0.328. The smallest absolute Gasteiger partial charge is 0.137 e. The second-order valence-electron chi connectivity index (χ2n) is 5.69. The number of rotatable bonds is 11. The van der Waals surface area contributed by atoms with Crippen molar-refractivity contribution in [1.82, 2.24) is 5.43 Å². The molecule has 0 heterocycles. The number of hydrogen-bond acceptors (Lipinski definition) is 2. The highest BCUT2D eigenvalue weighted by molar-refractivity contribution is 9.10. The SMILES string of the molecule is CCCCCCCCCC(Cc1cccc(F)c1Br)NN. The van der Waals surface area contributed by atoms with Gasteiger partial charge in [-0.05, 0) is 40.4 Å². The topological polar surface area (TPSA) is 38.0 Å². The van der Waals surface area contributed by atoms with Crippen LogP contribution in [0, 0.1) is 5.82 Å². The zero-order valence-electron chi connectivity index (χ0n) is 13.0. The maximum atomic E-state index is 13.5. The lowest BCUT2D eigenvalue weighted by molar-refractivity contribution is 0.457. The largest absolute Gasteiger partial charge is 0.271 e. The summed E-state index contributed by atoms with van der Waals surface area (Å²) in [5.41, 5.74) is 3.84. The second kappa shape index (κ2) is 11.2. The van der Waals surface area contributed by atoms with Crippen LogP contribution >= 0.6 is 15.9 Å². The van der Waals surface area contributed by atoms with E-state index in [9.17, 15) is 4.39 Å². The van der Waals surface area contributed by atoms with Crippen molar-refractivity contribution in [1.29, 1.82) is 0 Å². The van der Waals surface area contributed by atoms with E-state index in [2.05, 4.69) is 28.3 Å². The Morgan fingerprint density at radius 2 is 1.81 bits per heavy atom. The van der Waals surface area contributed by atoms with Crippen molar-refractivity contribution in [3.05, 3.63) is 34.1 Å². The first-order valence-electron chi connectivity index (χ1n) is 8.08. The van der Waals surface area contributed by atoms with Gasteiger partial charge >= 0.3 is 0 Å². The molecule has 0 spiro atoms. The van der Waals surface area contributed by atoms with Gasteiger partial charge in [0.05, 0.1) is 4.47 Å². The Bertz CT molecular complexity index is 398. The average Bonchev–Trinajstić information content (AvgIpc) is 2.49. The van der Waals surface area contributed by atoms with Crippen molar-refractivity contribution >= 4 is 15.9 Å². The molecule has 0 aliphatic heterocycles. The number of unbranched alkanes of at least 4 members (excludes halogenated alkanes) is 6. The van der Waals surface area contributed by atoms with E-state index in [0.29, 0.717) is 4.47 Å². The van der Waals surface area contributed by atoms with Crippen LogP contribution in [0.5, 0.6) is 0 Å². The minimum Gasteiger partial charge on any atom is -0.271 e. The van der Waals surface area contributed by atoms with Crippen LogP contribution in [-0.4, -0.2) is 6.04 Å². The van der Waals surface area contributed by atoms with Crippen molar-refractivity contribution in [3.8, 4) is 0 Å². The van der Waals surface area contributed by atoms with Gasteiger partial charge in [-0.1, -0.05) is 64.0 Å². The fourth-order valence-corrected chi connectivity index (χ4v) is 2.99. The second-order valence-corrected chi connectivity index (χ2v) is 6.48. The van der Waals surface area contributed by atoms with Gasteiger partial charge in [0, 0.05) is 6.04 Å². The molecule has 1 unspecified atom stereocenters. The van der Waals surface area contributed by atoms with Crippen LogP contribution in [0.2, 0.25) is 0 Å². The first kappa shape index (κ1) is 18.6. The highest BCUT2D eigenvalue weighted by Crippen LogP contribution is 2.22. The van der Waals surface area contributed by atoms with Gasteiger partial charge in [0.1, 0.15) is 5.82 Å². The Kier molecular flexibility index (Phi) is 9.89. The molecule has 120 valence electrons. The molecule has 0 bridgehead atoms. The summed E-state index contributed by atoms with van der Waals surface area (Å²) in [6, 6.07) is 5.37. The fraction of sp³-hybridized carbons (Fsp3) is 0.647. The minimum atomic E-state index is -0.209. The van der Waals surface area contributed by atoms with Crippen LogP contribution in [0.1, 0.15) is 63.9 Å². The number of hydrazine groups is 1. The Morgan fingerprint density at radius 3 is 2.48 bits per heavy atom. The molecule has 0 saturated heterocycles. The van der Waals surface area contributed by atoms with Crippen molar-refractivity contribution < 1.29 is 4.39 Å². The standard InChI is InChI=1S/C17H28BrFN2/c1-2-3-4-5-6-7-8-11-15(21-20)13-14-10-9-12-16(19)17(14)18/h9-10,12,15,21H,2-8,11,13,20H2,1H3. The van der Waals surface area contributed by atoms with Gasteiger partial charge in [-0.2, -0.15) is 0 Å². The lowest BCUT2D eigenvalue weighted by Crippen LogP contribution is -2.36. The van der Waals surface area contributed by atoms with Crippen molar-refractivity contribution in [2.75, 3.05) is 0 Å². The lowest BCUT2D eigenvalue weighted by Gasteiger charge is -2.17. The van der Waals surface area contributed by atoms with Gasteiger partial charge in [0.2, 0.25) is 0 Å². The fourth-order valence-electron chi connectivity index (χ4n) is 2.56. The molecule has 0 aliphatic carbocycles. The molecule has 4 heteroatoms. The summed E-state index contributed by atoms with van der Waals surface area (Å²) in [6.45, 7) is 2.24. The highest BCUT2D eigenvalue weighted by atomic mass is 79.9. The third-order valence-corrected chi connectivity index (χ3v) is 4.78. The summed E-state index contributed by atoms with van der Waals surface area (Å²) < 4.78 is 14.0. The van der Waals surface area contributed by atoms with Crippen molar-refractivity contribution in [2.45, 2.75) is 70.8 Å². The van der Waals surface area contributed by atoms with E-state index in [1.807, 2.05) is 6.07 Å². The normalized spacial score (nSPS) is 12.6. The van der Waals surface area contributed by atoms with Gasteiger partial charge in [-0.3, -0.25) is 11.3 Å². The Morgan fingerprint density at radius 1 is 1.14 bits per heavy atom. The van der Waals surface area contributed by atoms with Gasteiger partial charge < -0.3 is 0 Å². The summed E-state index contributed by atoms with van der Waals surface area (Å²) >= 11 is 3.31. The van der Waals surface area contributed by atoms with Crippen molar-refractivity contribution in [3.63, 3.8) is 0 Å². The van der Waals surface area contributed by atoms with Crippen LogP contribution in [0.15, 0.2) is 22.7 Å². The molecular weight excluding hydrogens is 331 g/mol. The summed E-state index contributed by atoms with van der Waals surface area (Å²) in [6.07, 6.45) is 10.9. The maximum absolute atomic E-state index is 13.5. The van der Waals surface area contributed by atoms with E-state index < -0.39 is 0 Å². The monoisotopic (exact) mass is 358 g/mol. The van der Waals surface area contributed by atoms with Gasteiger partial charge in [-0.25, -0.2) is 4.39 Å². The molecule has 1 aromatic rings. The average molecular weight is 359 g/mol. The molecule has 1 atom stereocenters. The molecule has 0 aromatic heterocycles.